The molecule has 0 N–H and O–H groups in total. The fourth-order valence-corrected chi connectivity index (χ4v) is 2.99. The molecular formula is C19H19NO4. The van der Waals surface area contributed by atoms with Gasteiger partial charge in [0, 0.05) is 5.92 Å². The molecule has 0 heterocycles. The van der Waals surface area contributed by atoms with Crippen molar-refractivity contribution in [1.29, 1.82) is 5.26 Å². The minimum atomic E-state index is -1.46. The zero-order valence-electron chi connectivity index (χ0n) is 13.7. The van der Waals surface area contributed by atoms with Crippen molar-refractivity contribution >= 4 is 11.9 Å². The van der Waals surface area contributed by atoms with Crippen LogP contribution in [0.15, 0.2) is 48.6 Å². The summed E-state index contributed by atoms with van der Waals surface area (Å²) in [5.74, 6) is -1.61. The fourth-order valence-electron chi connectivity index (χ4n) is 2.99. The van der Waals surface area contributed by atoms with Crippen molar-refractivity contribution in [2.75, 3.05) is 14.2 Å². The number of nitrogens with zero attached hydrogens (tertiary/aromatic N) is 1. The Morgan fingerprint density at radius 2 is 1.79 bits per heavy atom. The number of esters is 2. The number of allylic oxidation sites excluding steroid dienone is 4. The Kier molecular flexibility index (Phi) is 5.54. The van der Waals surface area contributed by atoms with Gasteiger partial charge in [-0.05, 0) is 30.5 Å². The molecule has 1 aromatic carbocycles. The predicted octanol–water partition coefficient (Wildman–Crippen LogP) is 2.57. The van der Waals surface area contributed by atoms with Gasteiger partial charge in [-0.2, -0.15) is 5.26 Å². The lowest BCUT2D eigenvalue weighted by Crippen LogP contribution is -2.48. The number of carbonyl (C=O) groups excluding carboxylic acids is 2. The first-order valence-corrected chi connectivity index (χ1v) is 7.57. The van der Waals surface area contributed by atoms with Crippen molar-refractivity contribution in [1.82, 2.24) is 0 Å². The van der Waals surface area contributed by atoms with Crippen LogP contribution in [0.4, 0.5) is 0 Å². The van der Waals surface area contributed by atoms with Gasteiger partial charge in [-0.3, -0.25) is 9.59 Å². The minimum Gasteiger partial charge on any atom is -0.468 e. The summed E-state index contributed by atoms with van der Waals surface area (Å²) in [6, 6.07) is 8.84. The lowest BCUT2D eigenvalue weighted by Gasteiger charge is -2.34. The molecule has 0 aromatic heterocycles. The standard InChI is InChI=1S/C19H19NO4/c1-23-17(21)19(18(22)24-2,16-6-4-3-5-7-16)12-14-8-10-15(13-20)11-9-14/h3-6,8-11,16H,7,12H2,1-2H3. The summed E-state index contributed by atoms with van der Waals surface area (Å²) in [6.07, 6.45) is 8.10. The Labute approximate surface area is 141 Å². The molecule has 1 aromatic rings. The summed E-state index contributed by atoms with van der Waals surface area (Å²) in [5.41, 5.74) is -0.187. The fraction of sp³-hybridized carbons (Fsp3) is 0.316. The molecule has 0 aliphatic heterocycles. The van der Waals surface area contributed by atoms with E-state index < -0.39 is 17.4 Å². The topological polar surface area (TPSA) is 76.4 Å². The van der Waals surface area contributed by atoms with Crippen molar-refractivity contribution in [2.45, 2.75) is 12.8 Å². The minimum absolute atomic E-state index is 0.140. The van der Waals surface area contributed by atoms with Gasteiger partial charge >= 0.3 is 11.9 Å². The van der Waals surface area contributed by atoms with Gasteiger partial charge < -0.3 is 9.47 Å². The highest BCUT2D eigenvalue weighted by atomic mass is 16.5. The van der Waals surface area contributed by atoms with Crippen LogP contribution in [0.2, 0.25) is 0 Å². The number of hydrogen-bond donors (Lipinski definition) is 0. The summed E-state index contributed by atoms with van der Waals surface area (Å²) >= 11 is 0. The van der Waals surface area contributed by atoms with E-state index in [9.17, 15) is 9.59 Å². The molecule has 0 saturated heterocycles. The maximum absolute atomic E-state index is 12.6. The summed E-state index contributed by atoms with van der Waals surface area (Å²) in [6.45, 7) is 0. The molecule has 1 aliphatic carbocycles. The Bertz CT molecular complexity index is 694. The van der Waals surface area contributed by atoms with E-state index >= 15 is 0 Å². The van der Waals surface area contributed by atoms with Crippen LogP contribution in [-0.4, -0.2) is 26.2 Å². The Hall–Kier alpha value is -2.87. The molecule has 0 saturated carbocycles. The van der Waals surface area contributed by atoms with Gasteiger partial charge in [-0.15, -0.1) is 0 Å². The van der Waals surface area contributed by atoms with Crippen LogP contribution in [-0.2, 0) is 25.5 Å². The van der Waals surface area contributed by atoms with Crippen LogP contribution in [0, 0.1) is 22.7 Å². The van der Waals surface area contributed by atoms with Crippen LogP contribution < -0.4 is 0 Å². The predicted molar refractivity (Wildman–Crippen MR) is 87.7 cm³/mol. The van der Waals surface area contributed by atoms with Crippen molar-refractivity contribution in [2.24, 2.45) is 11.3 Å². The average molecular weight is 325 g/mol. The van der Waals surface area contributed by atoms with Crippen molar-refractivity contribution in [3.8, 4) is 6.07 Å². The van der Waals surface area contributed by atoms with Crippen LogP contribution in [0.3, 0.4) is 0 Å². The third kappa shape index (κ3) is 3.23. The number of methoxy groups -OCH3 is 2. The largest absolute Gasteiger partial charge is 0.468 e. The zero-order valence-corrected chi connectivity index (χ0v) is 13.7. The van der Waals surface area contributed by atoms with E-state index in [1.165, 1.54) is 14.2 Å². The molecule has 5 heteroatoms. The summed E-state index contributed by atoms with van der Waals surface area (Å²) in [5, 5.41) is 8.90. The Balaban J connectivity index is 2.48. The molecule has 0 bridgehead atoms. The van der Waals surface area contributed by atoms with Gasteiger partial charge in [-0.1, -0.05) is 36.4 Å². The lowest BCUT2D eigenvalue weighted by molar-refractivity contribution is -0.172. The molecule has 0 spiro atoms. The molecule has 0 amide bonds. The summed E-state index contributed by atoms with van der Waals surface area (Å²) in [7, 11) is 2.53. The molecule has 24 heavy (non-hydrogen) atoms. The molecule has 1 aliphatic rings. The number of nitriles is 1. The van der Waals surface area contributed by atoms with Gasteiger partial charge in [-0.25, -0.2) is 0 Å². The quantitative estimate of drug-likeness (QED) is 0.614. The summed E-state index contributed by atoms with van der Waals surface area (Å²) < 4.78 is 9.92. The number of benzene rings is 1. The van der Waals surface area contributed by atoms with Crippen molar-refractivity contribution in [3.63, 3.8) is 0 Å². The SMILES string of the molecule is COC(=O)C(Cc1ccc(C#N)cc1)(C(=O)OC)C1C=CC=CC1. The van der Waals surface area contributed by atoms with E-state index in [-0.39, 0.29) is 12.3 Å². The average Bonchev–Trinajstić information content (AvgIpc) is 2.66. The smallest absolute Gasteiger partial charge is 0.324 e. The maximum atomic E-state index is 12.6. The first-order chi connectivity index (χ1) is 11.6. The van der Waals surface area contributed by atoms with Gasteiger partial charge in [0.25, 0.3) is 0 Å². The lowest BCUT2D eigenvalue weighted by atomic mass is 9.68. The molecule has 1 atom stereocenters. The molecular weight excluding hydrogens is 306 g/mol. The van der Waals surface area contributed by atoms with Gasteiger partial charge in [0.2, 0.25) is 0 Å². The van der Waals surface area contributed by atoms with E-state index in [1.807, 2.05) is 30.4 Å². The normalized spacial score (nSPS) is 16.3. The van der Waals surface area contributed by atoms with E-state index in [0.29, 0.717) is 12.0 Å². The second-order valence-electron chi connectivity index (χ2n) is 5.60. The molecule has 2 rings (SSSR count). The molecule has 1 unspecified atom stereocenters. The maximum Gasteiger partial charge on any atom is 0.324 e. The van der Waals surface area contributed by atoms with Crippen LogP contribution in [0.1, 0.15) is 17.5 Å². The number of ether oxygens (including phenoxy) is 2. The Morgan fingerprint density at radius 3 is 2.25 bits per heavy atom. The van der Waals surface area contributed by atoms with Gasteiger partial charge in [0.15, 0.2) is 5.41 Å². The first-order valence-electron chi connectivity index (χ1n) is 7.57. The van der Waals surface area contributed by atoms with Crippen molar-refractivity contribution in [3.05, 3.63) is 59.7 Å². The third-order valence-electron chi connectivity index (χ3n) is 4.28. The van der Waals surface area contributed by atoms with Crippen molar-refractivity contribution < 1.29 is 19.1 Å². The van der Waals surface area contributed by atoms with E-state index in [1.54, 1.807) is 24.3 Å². The van der Waals surface area contributed by atoms with Crippen LogP contribution in [0.5, 0.6) is 0 Å². The van der Waals surface area contributed by atoms with Gasteiger partial charge in [0.05, 0.1) is 25.9 Å². The highest BCUT2D eigenvalue weighted by Gasteiger charge is 2.53. The molecule has 5 nitrogen and oxygen atoms in total. The first kappa shape index (κ1) is 17.5. The third-order valence-corrected chi connectivity index (χ3v) is 4.28. The zero-order chi connectivity index (χ0) is 17.6. The van der Waals surface area contributed by atoms with E-state index in [2.05, 4.69) is 0 Å². The van der Waals surface area contributed by atoms with E-state index in [4.69, 9.17) is 14.7 Å². The monoisotopic (exact) mass is 325 g/mol. The summed E-state index contributed by atoms with van der Waals surface area (Å²) in [4.78, 5) is 25.3. The number of rotatable bonds is 5. The number of carbonyl (C=O) groups is 2. The second-order valence-corrected chi connectivity index (χ2v) is 5.60. The van der Waals surface area contributed by atoms with Crippen LogP contribution >= 0.6 is 0 Å². The Morgan fingerprint density at radius 1 is 1.17 bits per heavy atom. The highest BCUT2D eigenvalue weighted by Crippen LogP contribution is 2.39. The van der Waals surface area contributed by atoms with Gasteiger partial charge in [0.1, 0.15) is 0 Å². The van der Waals surface area contributed by atoms with E-state index in [0.717, 1.165) is 5.56 Å². The highest BCUT2D eigenvalue weighted by molar-refractivity contribution is 6.01. The van der Waals surface area contributed by atoms with Crippen LogP contribution in [0.25, 0.3) is 0 Å². The molecule has 0 fully saturated rings. The molecule has 0 radical (unpaired) electrons. The second kappa shape index (κ2) is 7.60. The number of hydrogen-bond acceptors (Lipinski definition) is 5. The molecule has 124 valence electrons.